The SMILES string of the molecule is CC(C)C(O)CCCCc1ccc2c(c1)CCO2. The highest BCUT2D eigenvalue weighted by atomic mass is 16.5. The van der Waals surface area contributed by atoms with Gasteiger partial charge in [-0.15, -0.1) is 0 Å². The summed E-state index contributed by atoms with van der Waals surface area (Å²) in [6, 6.07) is 6.55. The Bertz CT molecular complexity index is 385. The Kier molecular flexibility index (Phi) is 4.65. The fraction of sp³-hybridized carbons (Fsp3) is 0.625. The van der Waals surface area contributed by atoms with Crippen molar-refractivity contribution in [1.29, 1.82) is 0 Å². The third-order valence-electron chi connectivity index (χ3n) is 3.74. The molecule has 1 aromatic carbocycles. The maximum absolute atomic E-state index is 9.73. The molecular weight excluding hydrogens is 224 g/mol. The van der Waals surface area contributed by atoms with E-state index in [1.165, 1.54) is 11.1 Å². The van der Waals surface area contributed by atoms with Crippen molar-refractivity contribution in [2.75, 3.05) is 6.61 Å². The highest BCUT2D eigenvalue weighted by Gasteiger charge is 2.12. The number of hydrogen-bond donors (Lipinski definition) is 1. The molecule has 0 amide bonds. The molecule has 2 rings (SSSR count). The largest absolute Gasteiger partial charge is 0.493 e. The third-order valence-corrected chi connectivity index (χ3v) is 3.74. The van der Waals surface area contributed by atoms with Gasteiger partial charge in [0.15, 0.2) is 0 Å². The van der Waals surface area contributed by atoms with E-state index in [1.54, 1.807) is 0 Å². The predicted octanol–water partition coefficient (Wildman–Crippen LogP) is 3.35. The number of fused-ring (bicyclic) bond motifs is 1. The standard InChI is InChI=1S/C16H24O2/c1-12(2)15(17)6-4-3-5-13-7-8-16-14(11-13)9-10-18-16/h7-8,11-12,15,17H,3-6,9-10H2,1-2H3. The summed E-state index contributed by atoms with van der Waals surface area (Å²) < 4.78 is 5.50. The Morgan fingerprint density at radius 1 is 1.28 bits per heavy atom. The molecule has 2 heteroatoms. The summed E-state index contributed by atoms with van der Waals surface area (Å²) >= 11 is 0. The average Bonchev–Trinajstić information content (AvgIpc) is 2.81. The lowest BCUT2D eigenvalue weighted by Gasteiger charge is -2.13. The summed E-state index contributed by atoms with van der Waals surface area (Å²) in [5, 5.41) is 9.73. The molecule has 1 aliphatic rings. The van der Waals surface area contributed by atoms with Gasteiger partial charge in [-0.25, -0.2) is 0 Å². The van der Waals surface area contributed by atoms with Gasteiger partial charge >= 0.3 is 0 Å². The smallest absolute Gasteiger partial charge is 0.122 e. The molecule has 0 bridgehead atoms. The van der Waals surface area contributed by atoms with E-state index in [2.05, 4.69) is 32.0 Å². The summed E-state index contributed by atoms with van der Waals surface area (Å²) in [6.07, 6.45) is 5.20. The molecule has 1 N–H and O–H groups in total. The van der Waals surface area contributed by atoms with Crippen LogP contribution in [-0.4, -0.2) is 17.8 Å². The average molecular weight is 248 g/mol. The van der Waals surface area contributed by atoms with E-state index in [0.29, 0.717) is 5.92 Å². The number of aryl methyl sites for hydroxylation is 1. The van der Waals surface area contributed by atoms with Gasteiger partial charge < -0.3 is 9.84 Å². The fourth-order valence-electron chi connectivity index (χ4n) is 2.41. The Balaban J connectivity index is 1.74. The van der Waals surface area contributed by atoms with Gasteiger partial charge in [0, 0.05) is 6.42 Å². The highest BCUT2D eigenvalue weighted by Crippen LogP contribution is 2.26. The van der Waals surface area contributed by atoms with Crippen LogP contribution in [0.5, 0.6) is 5.75 Å². The lowest BCUT2D eigenvalue weighted by molar-refractivity contribution is 0.113. The summed E-state index contributed by atoms with van der Waals surface area (Å²) in [5.41, 5.74) is 2.76. The molecule has 1 heterocycles. The van der Waals surface area contributed by atoms with Crippen LogP contribution in [0.4, 0.5) is 0 Å². The zero-order chi connectivity index (χ0) is 13.0. The van der Waals surface area contributed by atoms with Gasteiger partial charge in [0.05, 0.1) is 12.7 Å². The van der Waals surface area contributed by atoms with Crippen LogP contribution in [0.2, 0.25) is 0 Å². The molecule has 1 aromatic rings. The molecule has 1 aliphatic heterocycles. The van der Waals surface area contributed by atoms with E-state index in [0.717, 1.165) is 44.5 Å². The van der Waals surface area contributed by atoms with E-state index in [-0.39, 0.29) is 6.10 Å². The molecule has 0 aliphatic carbocycles. The van der Waals surface area contributed by atoms with Crippen LogP contribution in [0.25, 0.3) is 0 Å². The van der Waals surface area contributed by atoms with E-state index in [4.69, 9.17) is 4.74 Å². The fourth-order valence-corrected chi connectivity index (χ4v) is 2.41. The third kappa shape index (κ3) is 3.49. The first-order chi connectivity index (χ1) is 8.66. The quantitative estimate of drug-likeness (QED) is 0.782. The molecular formula is C16H24O2. The van der Waals surface area contributed by atoms with Crippen molar-refractivity contribution in [3.05, 3.63) is 29.3 Å². The van der Waals surface area contributed by atoms with Crippen molar-refractivity contribution in [3.8, 4) is 5.75 Å². The molecule has 0 fully saturated rings. The maximum atomic E-state index is 9.73. The van der Waals surface area contributed by atoms with Crippen LogP contribution in [-0.2, 0) is 12.8 Å². The zero-order valence-electron chi connectivity index (χ0n) is 11.5. The van der Waals surface area contributed by atoms with E-state index in [1.807, 2.05) is 0 Å². The van der Waals surface area contributed by atoms with Gasteiger partial charge in [0.25, 0.3) is 0 Å². The lowest BCUT2D eigenvalue weighted by atomic mass is 9.99. The number of hydrogen-bond acceptors (Lipinski definition) is 2. The van der Waals surface area contributed by atoms with Gasteiger partial charge in [0.2, 0.25) is 0 Å². The minimum absolute atomic E-state index is 0.140. The number of aliphatic hydroxyl groups is 1. The molecule has 0 aromatic heterocycles. The molecule has 2 nitrogen and oxygen atoms in total. The minimum atomic E-state index is -0.140. The molecule has 18 heavy (non-hydrogen) atoms. The number of unbranched alkanes of at least 4 members (excludes halogenated alkanes) is 1. The second-order valence-corrected chi connectivity index (χ2v) is 5.60. The van der Waals surface area contributed by atoms with E-state index < -0.39 is 0 Å². The minimum Gasteiger partial charge on any atom is -0.493 e. The van der Waals surface area contributed by atoms with Crippen LogP contribution >= 0.6 is 0 Å². The van der Waals surface area contributed by atoms with Crippen LogP contribution in [0, 0.1) is 5.92 Å². The molecule has 1 atom stereocenters. The van der Waals surface area contributed by atoms with Gasteiger partial charge in [-0.05, 0) is 42.4 Å². The second-order valence-electron chi connectivity index (χ2n) is 5.60. The highest BCUT2D eigenvalue weighted by molar-refractivity contribution is 5.39. The number of aliphatic hydroxyl groups excluding tert-OH is 1. The van der Waals surface area contributed by atoms with Crippen molar-refractivity contribution in [1.82, 2.24) is 0 Å². The summed E-state index contributed by atoms with van der Waals surface area (Å²) in [5.74, 6) is 1.44. The number of benzene rings is 1. The number of ether oxygens (including phenoxy) is 1. The maximum Gasteiger partial charge on any atom is 0.122 e. The van der Waals surface area contributed by atoms with Gasteiger partial charge in [-0.2, -0.15) is 0 Å². The molecule has 0 saturated heterocycles. The van der Waals surface area contributed by atoms with Crippen molar-refractivity contribution in [3.63, 3.8) is 0 Å². The first-order valence-corrected chi connectivity index (χ1v) is 7.09. The Morgan fingerprint density at radius 3 is 2.89 bits per heavy atom. The van der Waals surface area contributed by atoms with Crippen LogP contribution in [0.3, 0.4) is 0 Å². The number of rotatable bonds is 6. The van der Waals surface area contributed by atoms with Gasteiger partial charge in [-0.1, -0.05) is 32.4 Å². The van der Waals surface area contributed by atoms with Crippen LogP contribution in [0.1, 0.15) is 44.2 Å². The first-order valence-electron chi connectivity index (χ1n) is 7.09. The Labute approximate surface area is 110 Å². The second kappa shape index (κ2) is 6.24. The molecule has 1 unspecified atom stereocenters. The summed E-state index contributed by atoms with van der Waals surface area (Å²) in [4.78, 5) is 0. The van der Waals surface area contributed by atoms with Crippen molar-refractivity contribution >= 4 is 0 Å². The lowest BCUT2D eigenvalue weighted by Crippen LogP contribution is -2.14. The first kappa shape index (κ1) is 13.4. The zero-order valence-corrected chi connectivity index (χ0v) is 11.5. The van der Waals surface area contributed by atoms with Crippen LogP contribution < -0.4 is 4.74 Å². The van der Waals surface area contributed by atoms with Crippen molar-refractivity contribution < 1.29 is 9.84 Å². The molecule has 0 radical (unpaired) electrons. The van der Waals surface area contributed by atoms with Gasteiger partial charge in [-0.3, -0.25) is 0 Å². The van der Waals surface area contributed by atoms with Gasteiger partial charge in [0.1, 0.15) is 5.75 Å². The van der Waals surface area contributed by atoms with E-state index in [9.17, 15) is 5.11 Å². The Hall–Kier alpha value is -1.02. The van der Waals surface area contributed by atoms with Crippen molar-refractivity contribution in [2.24, 2.45) is 5.92 Å². The van der Waals surface area contributed by atoms with Crippen molar-refractivity contribution in [2.45, 2.75) is 52.1 Å². The molecule has 0 spiro atoms. The predicted molar refractivity (Wildman–Crippen MR) is 74.0 cm³/mol. The normalized spacial score (nSPS) is 15.6. The molecule has 100 valence electrons. The Morgan fingerprint density at radius 2 is 2.11 bits per heavy atom. The summed E-state index contributed by atoms with van der Waals surface area (Å²) in [7, 11) is 0. The summed E-state index contributed by atoms with van der Waals surface area (Å²) in [6.45, 7) is 4.98. The topological polar surface area (TPSA) is 29.5 Å². The van der Waals surface area contributed by atoms with Crippen LogP contribution in [0.15, 0.2) is 18.2 Å². The monoisotopic (exact) mass is 248 g/mol. The molecule has 0 saturated carbocycles. The van der Waals surface area contributed by atoms with E-state index >= 15 is 0 Å².